The second-order valence-corrected chi connectivity index (χ2v) is 5.98. The molecule has 0 saturated carbocycles. The summed E-state index contributed by atoms with van der Waals surface area (Å²) in [7, 11) is 1.74. The van der Waals surface area contributed by atoms with E-state index in [1.165, 1.54) is 12.5 Å². The molecule has 1 aliphatic heterocycles. The van der Waals surface area contributed by atoms with E-state index in [2.05, 4.69) is 10.6 Å². The zero-order chi connectivity index (χ0) is 17.1. The Labute approximate surface area is 141 Å². The average molecular weight is 323 g/mol. The van der Waals surface area contributed by atoms with Crippen LogP contribution in [0.3, 0.4) is 0 Å². The number of carbonyl (C=O) groups excluding carboxylic acids is 2. The molecule has 0 radical (unpaired) electrons. The smallest absolute Gasteiger partial charge is 0.251 e. The van der Waals surface area contributed by atoms with E-state index in [0.717, 1.165) is 29.9 Å². The lowest BCUT2D eigenvalue weighted by Crippen LogP contribution is -2.24. The van der Waals surface area contributed by atoms with Crippen LogP contribution in [-0.2, 0) is 17.8 Å². The van der Waals surface area contributed by atoms with Crippen molar-refractivity contribution in [1.29, 1.82) is 0 Å². The van der Waals surface area contributed by atoms with E-state index in [0.29, 0.717) is 12.1 Å². The van der Waals surface area contributed by atoms with Crippen LogP contribution in [0.5, 0.6) is 0 Å². The van der Waals surface area contributed by atoms with E-state index in [1.807, 2.05) is 42.5 Å². The van der Waals surface area contributed by atoms with Gasteiger partial charge in [-0.25, -0.2) is 0 Å². The lowest BCUT2D eigenvalue weighted by Gasteiger charge is -2.15. The van der Waals surface area contributed by atoms with Gasteiger partial charge >= 0.3 is 0 Å². The van der Waals surface area contributed by atoms with Gasteiger partial charge in [-0.2, -0.15) is 0 Å². The highest BCUT2D eigenvalue weighted by Gasteiger charge is 2.13. The minimum Gasteiger partial charge on any atom is -0.384 e. The number of benzene rings is 2. The molecule has 0 fully saturated rings. The molecule has 2 amide bonds. The number of rotatable bonds is 4. The molecule has 0 bridgehead atoms. The van der Waals surface area contributed by atoms with Gasteiger partial charge in [0, 0.05) is 44.0 Å². The minimum absolute atomic E-state index is 0.0119. The fraction of sp³-hybridized carbons (Fsp3) is 0.263. The number of carbonyl (C=O) groups is 2. The second-order valence-electron chi connectivity index (χ2n) is 5.98. The summed E-state index contributed by atoms with van der Waals surface area (Å²) in [6, 6.07) is 13.4. The molecule has 2 aromatic carbocycles. The van der Waals surface area contributed by atoms with Crippen molar-refractivity contribution in [2.45, 2.75) is 19.9 Å². The molecule has 2 N–H and O–H groups in total. The molecule has 0 aliphatic carbocycles. The number of amides is 2. The summed E-state index contributed by atoms with van der Waals surface area (Å²) in [5.74, 6) is -0.0863. The Bertz CT molecular complexity index is 769. The summed E-state index contributed by atoms with van der Waals surface area (Å²) < 4.78 is 0. The molecule has 2 aromatic rings. The zero-order valence-electron chi connectivity index (χ0n) is 13.9. The number of nitrogens with zero attached hydrogens (tertiary/aromatic N) is 1. The summed E-state index contributed by atoms with van der Waals surface area (Å²) in [6.45, 7) is 2.92. The maximum absolute atomic E-state index is 12.3. The van der Waals surface area contributed by atoms with E-state index in [4.69, 9.17) is 0 Å². The van der Waals surface area contributed by atoms with E-state index < -0.39 is 0 Å². The summed E-state index contributed by atoms with van der Waals surface area (Å²) >= 11 is 0. The van der Waals surface area contributed by atoms with Gasteiger partial charge in [-0.1, -0.05) is 12.1 Å². The SMILES string of the molecule is CC(=O)N(C)c1ccc(CNC(=O)c2ccc3c(c2)CCN3)cc1. The topological polar surface area (TPSA) is 61.4 Å². The predicted octanol–water partition coefficient (Wildman–Crippen LogP) is 2.57. The number of hydrogen-bond acceptors (Lipinski definition) is 3. The van der Waals surface area contributed by atoms with Gasteiger partial charge in [-0.3, -0.25) is 9.59 Å². The van der Waals surface area contributed by atoms with Crippen molar-refractivity contribution in [1.82, 2.24) is 5.32 Å². The molecule has 1 aliphatic rings. The number of hydrogen-bond donors (Lipinski definition) is 2. The Morgan fingerprint density at radius 1 is 1.17 bits per heavy atom. The van der Waals surface area contributed by atoms with Crippen LogP contribution in [0, 0.1) is 0 Å². The molecule has 3 rings (SSSR count). The Hall–Kier alpha value is -2.82. The predicted molar refractivity (Wildman–Crippen MR) is 95.3 cm³/mol. The van der Waals surface area contributed by atoms with Gasteiger partial charge in [0.25, 0.3) is 5.91 Å². The molecule has 1 heterocycles. The van der Waals surface area contributed by atoms with Crippen LogP contribution in [-0.4, -0.2) is 25.4 Å². The number of nitrogens with one attached hydrogen (secondary N) is 2. The summed E-state index contributed by atoms with van der Waals surface area (Å²) in [5.41, 5.74) is 4.83. The molecule has 124 valence electrons. The van der Waals surface area contributed by atoms with E-state index in [9.17, 15) is 9.59 Å². The van der Waals surface area contributed by atoms with Gasteiger partial charge in [0.05, 0.1) is 0 Å². The van der Waals surface area contributed by atoms with Crippen LogP contribution >= 0.6 is 0 Å². The van der Waals surface area contributed by atoms with Crippen molar-refractivity contribution in [3.8, 4) is 0 Å². The molecule has 0 aromatic heterocycles. The van der Waals surface area contributed by atoms with Gasteiger partial charge in [-0.05, 0) is 47.9 Å². The van der Waals surface area contributed by atoms with E-state index >= 15 is 0 Å². The van der Waals surface area contributed by atoms with Crippen molar-refractivity contribution in [3.63, 3.8) is 0 Å². The largest absolute Gasteiger partial charge is 0.384 e. The molecule has 24 heavy (non-hydrogen) atoms. The normalized spacial score (nSPS) is 12.2. The lowest BCUT2D eigenvalue weighted by atomic mass is 10.1. The first-order valence-electron chi connectivity index (χ1n) is 8.03. The molecule has 5 nitrogen and oxygen atoms in total. The lowest BCUT2D eigenvalue weighted by molar-refractivity contribution is -0.116. The van der Waals surface area contributed by atoms with Crippen molar-refractivity contribution >= 4 is 23.2 Å². The fourth-order valence-corrected chi connectivity index (χ4v) is 2.75. The number of fused-ring (bicyclic) bond motifs is 1. The summed E-state index contributed by atoms with van der Waals surface area (Å²) in [6.07, 6.45) is 0.960. The Morgan fingerprint density at radius 3 is 2.62 bits per heavy atom. The third-order valence-electron chi connectivity index (χ3n) is 4.33. The van der Waals surface area contributed by atoms with Crippen molar-refractivity contribution < 1.29 is 9.59 Å². The van der Waals surface area contributed by atoms with Crippen LogP contribution < -0.4 is 15.5 Å². The van der Waals surface area contributed by atoms with Crippen LogP contribution in [0.15, 0.2) is 42.5 Å². The summed E-state index contributed by atoms with van der Waals surface area (Å²) in [4.78, 5) is 25.2. The van der Waals surface area contributed by atoms with Crippen LogP contribution in [0.4, 0.5) is 11.4 Å². The van der Waals surface area contributed by atoms with Crippen molar-refractivity contribution in [2.75, 3.05) is 23.8 Å². The molecule has 0 atom stereocenters. The first-order chi connectivity index (χ1) is 11.5. The second kappa shape index (κ2) is 6.74. The van der Waals surface area contributed by atoms with Crippen molar-refractivity contribution in [3.05, 3.63) is 59.2 Å². The molecular weight excluding hydrogens is 302 g/mol. The third kappa shape index (κ3) is 3.40. The molecule has 0 unspecified atom stereocenters. The van der Waals surface area contributed by atoms with E-state index in [1.54, 1.807) is 11.9 Å². The summed E-state index contributed by atoms with van der Waals surface area (Å²) in [5, 5.41) is 6.22. The van der Waals surface area contributed by atoms with Crippen molar-refractivity contribution in [2.24, 2.45) is 0 Å². The number of anilines is 2. The maximum Gasteiger partial charge on any atom is 0.251 e. The highest BCUT2D eigenvalue weighted by Crippen LogP contribution is 2.23. The van der Waals surface area contributed by atoms with Gasteiger partial charge in [0.2, 0.25) is 5.91 Å². The minimum atomic E-state index is -0.0744. The van der Waals surface area contributed by atoms with Crippen LogP contribution in [0.2, 0.25) is 0 Å². The van der Waals surface area contributed by atoms with Gasteiger partial charge < -0.3 is 15.5 Å². The van der Waals surface area contributed by atoms with Crippen LogP contribution in [0.1, 0.15) is 28.4 Å². The zero-order valence-corrected chi connectivity index (χ0v) is 13.9. The monoisotopic (exact) mass is 323 g/mol. The fourth-order valence-electron chi connectivity index (χ4n) is 2.75. The first kappa shape index (κ1) is 16.1. The first-order valence-corrected chi connectivity index (χ1v) is 8.03. The molecular formula is C19H21N3O2. The molecule has 0 saturated heterocycles. The van der Waals surface area contributed by atoms with Gasteiger partial charge in [0.1, 0.15) is 0 Å². The molecule has 5 heteroatoms. The quantitative estimate of drug-likeness (QED) is 0.909. The van der Waals surface area contributed by atoms with Crippen LogP contribution in [0.25, 0.3) is 0 Å². The van der Waals surface area contributed by atoms with Gasteiger partial charge in [-0.15, -0.1) is 0 Å². The average Bonchev–Trinajstić information content (AvgIpc) is 3.07. The highest BCUT2D eigenvalue weighted by molar-refractivity contribution is 5.95. The third-order valence-corrected chi connectivity index (χ3v) is 4.33. The maximum atomic E-state index is 12.3. The Balaban J connectivity index is 1.61. The molecule has 0 spiro atoms. The Kier molecular flexibility index (Phi) is 4.51. The Morgan fingerprint density at radius 2 is 1.92 bits per heavy atom. The highest BCUT2D eigenvalue weighted by atomic mass is 16.2. The van der Waals surface area contributed by atoms with E-state index in [-0.39, 0.29) is 11.8 Å². The van der Waals surface area contributed by atoms with Gasteiger partial charge in [0.15, 0.2) is 0 Å². The standard InChI is InChI=1S/C19H21N3O2/c1-13(23)22(2)17-6-3-14(4-7-17)12-21-19(24)16-5-8-18-15(11-16)9-10-20-18/h3-8,11,20H,9-10,12H2,1-2H3,(H,21,24).